The molecule has 0 aliphatic carbocycles. The van der Waals surface area contributed by atoms with E-state index in [1.807, 2.05) is 36.5 Å². The highest BCUT2D eigenvalue weighted by Crippen LogP contribution is 2.23. The Morgan fingerprint density at radius 3 is 2.87 bits per heavy atom. The van der Waals surface area contributed by atoms with Crippen molar-refractivity contribution in [3.05, 3.63) is 48.0 Å². The van der Waals surface area contributed by atoms with Gasteiger partial charge in [0.2, 0.25) is 0 Å². The van der Waals surface area contributed by atoms with Gasteiger partial charge in [0.1, 0.15) is 5.84 Å². The molecule has 1 aliphatic heterocycles. The first kappa shape index (κ1) is 9.47. The van der Waals surface area contributed by atoms with Crippen LogP contribution in [0.15, 0.2) is 47.5 Å². The van der Waals surface area contributed by atoms with E-state index in [2.05, 4.69) is 22.4 Å². The summed E-state index contributed by atoms with van der Waals surface area (Å²) >= 11 is 0. The van der Waals surface area contributed by atoms with E-state index in [-0.39, 0.29) is 6.04 Å². The van der Waals surface area contributed by atoms with E-state index < -0.39 is 0 Å². The van der Waals surface area contributed by atoms with Crippen molar-refractivity contribution in [1.29, 1.82) is 5.26 Å². The molecule has 0 amide bonds. The Hall–Kier alpha value is -2.08. The molecule has 1 aromatic carbocycles. The summed E-state index contributed by atoms with van der Waals surface area (Å²) in [7, 11) is 0. The predicted molar refractivity (Wildman–Crippen MR) is 59.1 cm³/mol. The van der Waals surface area contributed by atoms with Crippen LogP contribution in [-0.2, 0) is 0 Å². The molecular weight excluding hydrogens is 186 g/mol. The summed E-state index contributed by atoms with van der Waals surface area (Å²) in [6.07, 6.45) is 6.63. The second kappa shape index (κ2) is 4.43. The van der Waals surface area contributed by atoms with Gasteiger partial charge in [-0.25, -0.2) is 0 Å². The number of nitrogens with zero attached hydrogens (tertiary/aromatic N) is 2. The van der Waals surface area contributed by atoms with Crippen LogP contribution in [0, 0.1) is 11.5 Å². The highest BCUT2D eigenvalue weighted by atomic mass is 15.0. The van der Waals surface area contributed by atoms with Crippen LogP contribution >= 0.6 is 0 Å². The highest BCUT2D eigenvalue weighted by Gasteiger charge is 2.11. The van der Waals surface area contributed by atoms with Crippen molar-refractivity contribution in [3.63, 3.8) is 0 Å². The Balaban J connectivity index is 2.20. The molecule has 0 bridgehead atoms. The van der Waals surface area contributed by atoms with Crippen LogP contribution in [0.2, 0.25) is 0 Å². The Morgan fingerprint density at radius 2 is 2.13 bits per heavy atom. The first-order valence-corrected chi connectivity index (χ1v) is 4.84. The maximum atomic E-state index is 8.50. The van der Waals surface area contributed by atoms with Crippen LogP contribution in [0.5, 0.6) is 0 Å². The number of nitrogens with one attached hydrogen (secondary N) is 1. The molecule has 1 atom stereocenters. The summed E-state index contributed by atoms with van der Waals surface area (Å²) in [5, 5.41) is 11.1. The highest BCUT2D eigenvalue weighted by molar-refractivity contribution is 5.94. The van der Waals surface area contributed by atoms with E-state index in [4.69, 9.17) is 5.26 Å². The molecule has 1 N–H and O–H groups in total. The molecule has 1 heterocycles. The lowest BCUT2D eigenvalue weighted by atomic mass is 10.0. The molecule has 0 radical (unpaired) electrons. The van der Waals surface area contributed by atoms with Gasteiger partial charge < -0.3 is 0 Å². The predicted octanol–water partition coefficient (Wildman–Crippen LogP) is 2.16. The minimum atomic E-state index is 0.132. The van der Waals surface area contributed by atoms with Gasteiger partial charge in [-0.3, -0.25) is 10.3 Å². The minimum Gasteiger partial charge on any atom is -0.277 e. The average molecular weight is 197 g/mol. The molecule has 1 aromatic rings. The molecule has 0 saturated carbocycles. The molecule has 0 saturated heterocycles. The monoisotopic (exact) mass is 197 g/mol. The van der Waals surface area contributed by atoms with E-state index in [1.165, 1.54) is 5.56 Å². The number of hydrogen-bond donors (Lipinski definition) is 1. The molecule has 0 unspecified atom stereocenters. The SMILES string of the molecule is N#CNC1=N[C@H](c2ccccc2)CC=C1. The van der Waals surface area contributed by atoms with Crippen molar-refractivity contribution < 1.29 is 0 Å². The lowest BCUT2D eigenvalue weighted by Gasteiger charge is -2.15. The second-order valence-corrected chi connectivity index (χ2v) is 3.32. The largest absolute Gasteiger partial charge is 0.277 e. The van der Waals surface area contributed by atoms with Gasteiger partial charge in [-0.2, -0.15) is 5.26 Å². The molecule has 15 heavy (non-hydrogen) atoms. The maximum absolute atomic E-state index is 8.50. The molecule has 1 aliphatic rings. The number of benzene rings is 1. The van der Waals surface area contributed by atoms with Gasteiger partial charge in [-0.05, 0) is 18.1 Å². The third-order valence-corrected chi connectivity index (χ3v) is 2.30. The van der Waals surface area contributed by atoms with E-state index in [0.29, 0.717) is 5.84 Å². The summed E-state index contributed by atoms with van der Waals surface area (Å²) in [6.45, 7) is 0. The molecule has 0 spiro atoms. The van der Waals surface area contributed by atoms with Crippen molar-refractivity contribution in [2.75, 3.05) is 0 Å². The number of nitriles is 1. The molecule has 0 fully saturated rings. The smallest absolute Gasteiger partial charge is 0.182 e. The molecule has 0 aromatic heterocycles. The van der Waals surface area contributed by atoms with Crippen LogP contribution in [0.1, 0.15) is 18.0 Å². The van der Waals surface area contributed by atoms with Crippen LogP contribution in [0.4, 0.5) is 0 Å². The normalized spacial score (nSPS) is 19.1. The van der Waals surface area contributed by atoms with Gasteiger partial charge in [0.25, 0.3) is 0 Å². The summed E-state index contributed by atoms with van der Waals surface area (Å²) in [5.41, 5.74) is 1.18. The molecule has 2 rings (SSSR count). The first-order valence-electron chi connectivity index (χ1n) is 4.84. The van der Waals surface area contributed by atoms with E-state index in [0.717, 1.165) is 6.42 Å². The van der Waals surface area contributed by atoms with Crippen LogP contribution < -0.4 is 5.32 Å². The third-order valence-electron chi connectivity index (χ3n) is 2.30. The zero-order valence-corrected chi connectivity index (χ0v) is 8.22. The van der Waals surface area contributed by atoms with Crippen molar-refractivity contribution in [1.82, 2.24) is 5.32 Å². The number of amidine groups is 1. The van der Waals surface area contributed by atoms with E-state index in [9.17, 15) is 0 Å². The van der Waals surface area contributed by atoms with Crippen molar-refractivity contribution >= 4 is 5.84 Å². The van der Waals surface area contributed by atoms with Gasteiger partial charge in [0.05, 0.1) is 6.04 Å². The molecule has 3 nitrogen and oxygen atoms in total. The van der Waals surface area contributed by atoms with Crippen molar-refractivity contribution in [2.45, 2.75) is 12.5 Å². The van der Waals surface area contributed by atoms with Gasteiger partial charge in [0.15, 0.2) is 6.19 Å². The number of rotatable bonds is 1. The first-order chi connectivity index (χ1) is 7.40. The third kappa shape index (κ3) is 2.23. The average Bonchev–Trinajstić information content (AvgIpc) is 2.31. The van der Waals surface area contributed by atoms with E-state index in [1.54, 1.807) is 0 Å². The van der Waals surface area contributed by atoms with E-state index >= 15 is 0 Å². The fraction of sp³-hybridized carbons (Fsp3) is 0.167. The lowest BCUT2D eigenvalue weighted by molar-refractivity contribution is 0.731. The minimum absolute atomic E-state index is 0.132. The molecular formula is C12H11N3. The number of aliphatic imine (C=N–C) groups is 1. The fourth-order valence-corrected chi connectivity index (χ4v) is 1.59. The summed E-state index contributed by atoms with van der Waals surface area (Å²) < 4.78 is 0. The summed E-state index contributed by atoms with van der Waals surface area (Å²) in [5.74, 6) is 0.637. The molecule has 3 heteroatoms. The zero-order chi connectivity index (χ0) is 10.5. The Morgan fingerprint density at radius 1 is 1.33 bits per heavy atom. The Labute approximate surface area is 88.8 Å². The standard InChI is InChI=1S/C12H11N3/c13-9-14-12-8-4-7-11(15-12)10-5-2-1-3-6-10/h1-6,8,11H,7H2,(H,14,15)/t11-/m0/s1. The van der Waals surface area contributed by atoms with Crippen molar-refractivity contribution in [2.24, 2.45) is 4.99 Å². The quantitative estimate of drug-likeness (QED) is 0.554. The fourth-order valence-electron chi connectivity index (χ4n) is 1.59. The number of hydrogen-bond acceptors (Lipinski definition) is 3. The summed E-state index contributed by atoms with van der Waals surface area (Å²) in [4.78, 5) is 4.44. The maximum Gasteiger partial charge on any atom is 0.182 e. The Bertz CT molecular complexity index is 426. The van der Waals surface area contributed by atoms with Crippen LogP contribution in [-0.4, -0.2) is 5.84 Å². The number of dihydropyridines is 1. The zero-order valence-electron chi connectivity index (χ0n) is 8.22. The van der Waals surface area contributed by atoms with Gasteiger partial charge >= 0.3 is 0 Å². The lowest BCUT2D eigenvalue weighted by Crippen LogP contribution is -2.18. The van der Waals surface area contributed by atoms with Crippen molar-refractivity contribution in [3.8, 4) is 6.19 Å². The Kier molecular flexibility index (Phi) is 2.80. The summed E-state index contributed by atoms with van der Waals surface area (Å²) in [6, 6.07) is 10.2. The van der Waals surface area contributed by atoms with Crippen LogP contribution in [0.3, 0.4) is 0 Å². The van der Waals surface area contributed by atoms with Gasteiger partial charge in [-0.15, -0.1) is 0 Å². The molecule has 74 valence electrons. The van der Waals surface area contributed by atoms with Crippen LogP contribution in [0.25, 0.3) is 0 Å². The second-order valence-electron chi connectivity index (χ2n) is 3.32. The van der Waals surface area contributed by atoms with Gasteiger partial charge in [0, 0.05) is 0 Å². The topological polar surface area (TPSA) is 48.2 Å². The van der Waals surface area contributed by atoms with Gasteiger partial charge in [-0.1, -0.05) is 36.4 Å².